The Morgan fingerprint density at radius 1 is 1.40 bits per heavy atom. The number of aliphatic hydroxyl groups excluding tert-OH is 1. The average molecular weight is 352 g/mol. The molecule has 2 aromatic rings. The smallest absolute Gasteiger partial charge is 0.125 e. The van der Waals surface area contributed by atoms with Crippen molar-refractivity contribution in [3.05, 3.63) is 38.8 Å². The number of aliphatic hydroxyl groups is 1. The first-order valence-corrected chi connectivity index (χ1v) is 8.41. The van der Waals surface area contributed by atoms with Gasteiger partial charge in [0.25, 0.3) is 0 Å². The third kappa shape index (κ3) is 2.57. The zero-order valence-corrected chi connectivity index (χ0v) is 14.3. The molecule has 0 amide bonds. The molecule has 1 unspecified atom stereocenters. The van der Waals surface area contributed by atoms with Crippen LogP contribution >= 0.6 is 27.3 Å². The second kappa shape index (κ2) is 4.93. The summed E-state index contributed by atoms with van der Waals surface area (Å²) in [6, 6.07) is 6.30. The molecule has 0 saturated carbocycles. The van der Waals surface area contributed by atoms with Gasteiger partial charge in [0.1, 0.15) is 5.01 Å². The largest absolute Gasteiger partial charge is 0.387 e. The quantitative estimate of drug-likeness (QED) is 0.793. The monoisotopic (exact) mass is 351 g/mol. The number of aromatic nitrogens is 1. The maximum atomic E-state index is 10.3. The highest BCUT2D eigenvalue weighted by atomic mass is 79.9. The molecule has 2 nitrogen and oxygen atoms in total. The fourth-order valence-corrected chi connectivity index (χ4v) is 4.72. The van der Waals surface area contributed by atoms with Crippen molar-refractivity contribution in [2.75, 3.05) is 0 Å². The van der Waals surface area contributed by atoms with Gasteiger partial charge in [-0.3, -0.25) is 0 Å². The van der Waals surface area contributed by atoms with Crippen molar-refractivity contribution < 1.29 is 5.11 Å². The van der Waals surface area contributed by atoms with Gasteiger partial charge < -0.3 is 5.11 Å². The van der Waals surface area contributed by atoms with Crippen molar-refractivity contribution in [2.45, 2.75) is 39.7 Å². The molecule has 106 valence electrons. The Labute approximate surface area is 132 Å². The van der Waals surface area contributed by atoms with Crippen molar-refractivity contribution in [1.82, 2.24) is 4.98 Å². The van der Waals surface area contributed by atoms with Crippen molar-refractivity contribution >= 4 is 27.3 Å². The van der Waals surface area contributed by atoms with Crippen LogP contribution in [0, 0.1) is 12.3 Å². The normalized spacial score (nSPS) is 20.8. The van der Waals surface area contributed by atoms with Crippen LogP contribution in [0.25, 0.3) is 10.6 Å². The maximum Gasteiger partial charge on any atom is 0.125 e. The Hall–Kier alpha value is -0.710. The van der Waals surface area contributed by atoms with Crippen LogP contribution in [0.4, 0.5) is 0 Å². The summed E-state index contributed by atoms with van der Waals surface area (Å²) < 4.78 is 1.07. The van der Waals surface area contributed by atoms with Crippen LogP contribution < -0.4 is 0 Å². The lowest BCUT2D eigenvalue weighted by Crippen LogP contribution is -2.24. The van der Waals surface area contributed by atoms with Gasteiger partial charge in [-0.15, -0.1) is 11.3 Å². The molecule has 1 aliphatic carbocycles. The Kier molecular flexibility index (Phi) is 3.51. The van der Waals surface area contributed by atoms with E-state index in [4.69, 9.17) is 4.98 Å². The summed E-state index contributed by atoms with van der Waals surface area (Å²) in [5.74, 6) is 0. The number of halogens is 1. The highest BCUT2D eigenvalue weighted by Crippen LogP contribution is 2.45. The van der Waals surface area contributed by atoms with Crippen LogP contribution in [0.5, 0.6) is 0 Å². The van der Waals surface area contributed by atoms with Crippen LogP contribution in [-0.2, 0) is 6.42 Å². The highest BCUT2D eigenvalue weighted by molar-refractivity contribution is 9.10. The number of benzene rings is 1. The zero-order valence-electron chi connectivity index (χ0n) is 11.9. The van der Waals surface area contributed by atoms with Crippen LogP contribution in [0.2, 0.25) is 0 Å². The summed E-state index contributed by atoms with van der Waals surface area (Å²) in [5, 5.41) is 11.3. The number of fused-ring (bicyclic) bond motifs is 1. The summed E-state index contributed by atoms with van der Waals surface area (Å²) in [4.78, 5) is 5.83. The minimum Gasteiger partial charge on any atom is -0.387 e. The van der Waals surface area contributed by atoms with Crippen molar-refractivity contribution in [1.29, 1.82) is 0 Å². The predicted molar refractivity (Wildman–Crippen MR) is 87.0 cm³/mol. The molecule has 0 spiro atoms. The highest BCUT2D eigenvalue weighted by Gasteiger charge is 2.34. The van der Waals surface area contributed by atoms with Gasteiger partial charge in [-0.1, -0.05) is 41.9 Å². The van der Waals surface area contributed by atoms with Gasteiger partial charge in [-0.25, -0.2) is 4.98 Å². The van der Waals surface area contributed by atoms with E-state index in [1.54, 1.807) is 11.3 Å². The van der Waals surface area contributed by atoms with Crippen LogP contribution in [0.1, 0.15) is 42.5 Å². The number of hydrogen-bond donors (Lipinski definition) is 1. The standard InChI is InChI=1S/C16H18BrNOS/c1-9-4-5-10(11(17)6-9)15-18-12-7-16(2,3)8-13(19)14(12)20-15/h4-6,13,19H,7-8H2,1-3H3. The third-order valence-electron chi connectivity index (χ3n) is 3.78. The zero-order chi connectivity index (χ0) is 14.5. The molecule has 1 aliphatic rings. The Bertz CT molecular complexity index is 662. The predicted octanol–water partition coefficient (Wildman–Crippen LogP) is 4.89. The Morgan fingerprint density at radius 2 is 2.15 bits per heavy atom. The second-order valence-corrected chi connectivity index (χ2v) is 8.26. The first-order valence-electron chi connectivity index (χ1n) is 6.80. The number of thiazole rings is 1. The Balaban J connectivity index is 2.06. The van der Waals surface area contributed by atoms with E-state index < -0.39 is 0 Å². The van der Waals surface area contributed by atoms with Crippen LogP contribution in [-0.4, -0.2) is 10.1 Å². The molecule has 0 fully saturated rings. The summed E-state index contributed by atoms with van der Waals surface area (Å²) in [6.45, 7) is 6.47. The van der Waals surface area contributed by atoms with Crippen molar-refractivity contribution in [2.24, 2.45) is 5.41 Å². The molecule has 4 heteroatoms. The first-order chi connectivity index (χ1) is 9.35. The summed E-state index contributed by atoms with van der Waals surface area (Å²) in [7, 11) is 0. The molecule has 1 atom stereocenters. The SMILES string of the molecule is Cc1ccc(-c2nc3c(s2)C(O)CC(C)(C)C3)c(Br)c1. The fraction of sp³-hybridized carbons (Fsp3) is 0.438. The lowest BCUT2D eigenvalue weighted by atomic mass is 9.77. The number of rotatable bonds is 1. The van der Waals surface area contributed by atoms with Gasteiger partial charge in [0.05, 0.1) is 16.7 Å². The first kappa shape index (κ1) is 14.2. The van der Waals surface area contributed by atoms with Gasteiger partial charge in [0.15, 0.2) is 0 Å². The number of aryl methyl sites for hydroxylation is 1. The molecular formula is C16H18BrNOS. The van der Waals surface area contributed by atoms with Gasteiger partial charge in [-0.2, -0.15) is 0 Å². The topological polar surface area (TPSA) is 33.1 Å². The lowest BCUT2D eigenvalue weighted by molar-refractivity contribution is 0.102. The van der Waals surface area contributed by atoms with E-state index in [1.807, 2.05) is 0 Å². The number of nitrogens with zero attached hydrogens (tertiary/aromatic N) is 1. The van der Waals surface area contributed by atoms with Gasteiger partial charge in [0, 0.05) is 10.0 Å². The Morgan fingerprint density at radius 3 is 2.85 bits per heavy atom. The minimum absolute atomic E-state index is 0.127. The third-order valence-corrected chi connectivity index (χ3v) is 5.67. The fourth-order valence-electron chi connectivity index (χ4n) is 2.80. The van der Waals surface area contributed by atoms with E-state index in [-0.39, 0.29) is 11.5 Å². The number of hydrogen-bond acceptors (Lipinski definition) is 3. The molecule has 20 heavy (non-hydrogen) atoms. The van der Waals surface area contributed by atoms with Gasteiger partial charge in [-0.05, 0) is 36.8 Å². The van der Waals surface area contributed by atoms with Crippen molar-refractivity contribution in [3.63, 3.8) is 0 Å². The average Bonchev–Trinajstić information content (AvgIpc) is 2.70. The minimum atomic E-state index is -0.371. The van der Waals surface area contributed by atoms with Gasteiger partial charge >= 0.3 is 0 Å². The molecule has 1 N–H and O–H groups in total. The van der Waals surface area contributed by atoms with E-state index in [1.165, 1.54) is 5.56 Å². The molecule has 0 saturated heterocycles. The molecule has 1 aromatic carbocycles. The summed E-state index contributed by atoms with van der Waals surface area (Å²) in [5.41, 5.74) is 3.53. The van der Waals surface area contributed by atoms with Crippen LogP contribution in [0.15, 0.2) is 22.7 Å². The maximum absolute atomic E-state index is 10.3. The molecule has 1 heterocycles. The molecular weight excluding hydrogens is 334 g/mol. The lowest BCUT2D eigenvalue weighted by Gasteiger charge is -2.31. The molecule has 0 radical (unpaired) electrons. The van der Waals surface area contributed by atoms with E-state index in [9.17, 15) is 5.11 Å². The van der Waals surface area contributed by atoms with E-state index in [0.29, 0.717) is 0 Å². The van der Waals surface area contributed by atoms with E-state index in [2.05, 4.69) is 54.9 Å². The second-order valence-electron chi connectivity index (χ2n) is 6.37. The van der Waals surface area contributed by atoms with Crippen molar-refractivity contribution in [3.8, 4) is 10.6 Å². The molecule has 1 aromatic heterocycles. The molecule has 0 bridgehead atoms. The van der Waals surface area contributed by atoms with E-state index in [0.717, 1.165) is 38.5 Å². The molecule has 3 rings (SSSR count). The van der Waals surface area contributed by atoms with Crippen LogP contribution in [0.3, 0.4) is 0 Å². The van der Waals surface area contributed by atoms with E-state index >= 15 is 0 Å². The summed E-state index contributed by atoms with van der Waals surface area (Å²) >= 11 is 5.24. The van der Waals surface area contributed by atoms with Gasteiger partial charge in [0.2, 0.25) is 0 Å². The molecule has 0 aliphatic heterocycles. The summed E-state index contributed by atoms with van der Waals surface area (Å²) in [6.07, 6.45) is 1.39.